The van der Waals surface area contributed by atoms with Gasteiger partial charge in [-0.3, -0.25) is 4.79 Å². The fourth-order valence-electron chi connectivity index (χ4n) is 7.47. The Balaban J connectivity index is 1.13. The van der Waals surface area contributed by atoms with Crippen molar-refractivity contribution in [3.8, 4) is 0 Å². The first-order chi connectivity index (χ1) is 14.3. The maximum atomic E-state index is 13.5. The highest BCUT2D eigenvalue weighted by atomic mass is 35.5. The van der Waals surface area contributed by atoms with Crippen molar-refractivity contribution in [2.75, 3.05) is 26.2 Å². The lowest BCUT2D eigenvalue weighted by atomic mass is 9.49. The number of nitrogens with one attached hydrogen (secondary N) is 1. The van der Waals surface area contributed by atoms with Crippen LogP contribution < -0.4 is 5.32 Å². The minimum Gasteiger partial charge on any atom is -0.351 e. The van der Waals surface area contributed by atoms with Gasteiger partial charge >= 0.3 is 0 Å². The molecule has 0 spiro atoms. The molecule has 3 nitrogen and oxygen atoms in total. The molecule has 1 aliphatic heterocycles. The SMILES string of the molecule is CC1(CNC(=O)c2cc(F)cc(Cl)c2)CCN(CC23CC4CC(CC(C4)C2)C3)CC1. The number of halogens is 2. The quantitative estimate of drug-likeness (QED) is 0.663. The molecular weight excluding hydrogens is 399 g/mol. The lowest BCUT2D eigenvalue weighted by Gasteiger charge is -2.58. The van der Waals surface area contributed by atoms with Crippen molar-refractivity contribution in [2.24, 2.45) is 28.6 Å². The maximum absolute atomic E-state index is 13.5. The highest BCUT2D eigenvalue weighted by Crippen LogP contribution is 2.60. The van der Waals surface area contributed by atoms with Gasteiger partial charge in [0.05, 0.1) is 0 Å². The summed E-state index contributed by atoms with van der Waals surface area (Å²) in [7, 11) is 0. The van der Waals surface area contributed by atoms with Crippen LogP contribution in [0.2, 0.25) is 5.02 Å². The molecule has 0 unspecified atom stereocenters. The van der Waals surface area contributed by atoms with Gasteiger partial charge in [-0.15, -0.1) is 0 Å². The molecule has 6 rings (SSSR count). The molecule has 1 amide bonds. The van der Waals surface area contributed by atoms with Crippen LogP contribution in [0.3, 0.4) is 0 Å². The molecular formula is C25H34ClFN2O. The summed E-state index contributed by atoms with van der Waals surface area (Å²) in [5.41, 5.74) is 1.00. The summed E-state index contributed by atoms with van der Waals surface area (Å²) in [5.74, 6) is 2.32. The number of hydrogen-bond donors (Lipinski definition) is 1. The van der Waals surface area contributed by atoms with Gasteiger partial charge < -0.3 is 10.2 Å². The number of piperidine rings is 1. The Morgan fingerprint density at radius 1 is 1.10 bits per heavy atom. The Bertz CT molecular complexity index is 762. The van der Waals surface area contributed by atoms with E-state index < -0.39 is 5.82 Å². The predicted molar refractivity (Wildman–Crippen MR) is 118 cm³/mol. The first-order valence-electron chi connectivity index (χ1n) is 11.8. The second kappa shape index (κ2) is 7.78. The van der Waals surface area contributed by atoms with Crippen LogP contribution in [-0.2, 0) is 0 Å². The van der Waals surface area contributed by atoms with E-state index in [0.29, 0.717) is 17.5 Å². The van der Waals surface area contributed by atoms with Crippen LogP contribution in [0.5, 0.6) is 0 Å². The summed E-state index contributed by atoms with van der Waals surface area (Å²) in [6.45, 7) is 6.44. The van der Waals surface area contributed by atoms with Gasteiger partial charge in [0.15, 0.2) is 0 Å². The summed E-state index contributed by atoms with van der Waals surface area (Å²) >= 11 is 5.89. The Kier molecular flexibility index (Phi) is 5.38. The molecule has 1 heterocycles. The minimum atomic E-state index is -0.475. The number of carbonyl (C=O) groups is 1. The van der Waals surface area contributed by atoms with E-state index in [0.717, 1.165) is 43.7 Å². The second-order valence-corrected chi connectivity index (χ2v) is 11.8. The van der Waals surface area contributed by atoms with E-state index in [2.05, 4.69) is 17.1 Å². The molecule has 0 atom stereocenters. The van der Waals surface area contributed by atoms with E-state index >= 15 is 0 Å². The number of likely N-dealkylation sites (tertiary alicyclic amines) is 1. The molecule has 4 saturated carbocycles. The van der Waals surface area contributed by atoms with Gasteiger partial charge in [-0.1, -0.05) is 18.5 Å². The molecule has 1 aromatic carbocycles. The number of nitrogens with zero attached hydrogens (tertiary/aromatic N) is 1. The van der Waals surface area contributed by atoms with Crippen molar-refractivity contribution in [2.45, 2.75) is 58.3 Å². The topological polar surface area (TPSA) is 32.3 Å². The van der Waals surface area contributed by atoms with Crippen LogP contribution in [0.1, 0.15) is 68.6 Å². The van der Waals surface area contributed by atoms with Gasteiger partial charge in [-0.2, -0.15) is 0 Å². The van der Waals surface area contributed by atoms with Gasteiger partial charge in [0.2, 0.25) is 0 Å². The van der Waals surface area contributed by atoms with Gasteiger partial charge in [-0.25, -0.2) is 4.39 Å². The Hall–Kier alpha value is -1.13. The van der Waals surface area contributed by atoms with Crippen molar-refractivity contribution in [3.63, 3.8) is 0 Å². The number of carbonyl (C=O) groups excluding carboxylic acids is 1. The van der Waals surface area contributed by atoms with E-state index in [1.807, 2.05) is 0 Å². The smallest absolute Gasteiger partial charge is 0.251 e. The van der Waals surface area contributed by atoms with Gasteiger partial charge in [-0.05, 0) is 111 Å². The van der Waals surface area contributed by atoms with E-state index in [1.165, 1.54) is 63.3 Å². The third-order valence-corrected chi connectivity index (χ3v) is 8.81. The minimum absolute atomic E-state index is 0.102. The average molecular weight is 433 g/mol. The van der Waals surface area contributed by atoms with Crippen LogP contribution in [0.4, 0.5) is 4.39 Å². The molecule has 0 aromatic heterocycles. The standard InChI is InChI=1S/C25H34ClFN2O/c1-24(15-28-23(30)20-9-21(26)11-22(27)10-20)2-4-29(5-3-24)16-25-12-17-6-18(13-25)8-19(7-17)14-25/h9-11,17-19H,2-8,12-16H2,1H3,(H,28,30). The third kappa shape index (κ3) is 4.27. The summed E-state index contributed by atoms with van der Waals surface area (Å²) in [5, 5.41) is 3.28. The third-order valence-electron chi connectivity index (χ3n) is 8.59. The lowest BCUT2D eigenvalue weighted by Crippen LogP contribution is -2.53. The van der Waals surface area contributed by atoms with Crippen molar-refractivity contribution < 1.29 is 9.18 Å². The lowest BCUT2D eigenvalue weighted by molar-refractivity contribution is -0.0747. The Morgan fingerprint density at radius 3 is 2.27 bits per heavy atom. The van der Waals surface area contributed by atoms with Crippen LogP contribution in [0, 0.1) is 34.4 Å². The highest BCUT2D eigenvalue weighted by Gasteiger charge is 2.51. The Labute approximate surface area is 184 Å². The van der Waals surface area contributed by atoms with E-state index in [1.54, 1.807) is 0 Å². The summed E-state index contributed by atoms with van der Waals surface area (Å²) < 4.78 is 13.5. The fraction of sp³-hybridized carbons (Fsp3) is 0.720. The molecule has 164 valence electrons. The van der Waals surface area contributed by atoms with Gasteiger partial charge in [0.25, 0.3) is 5.91 Å². The van der Waals surface area contributed by atoms with E-state index in [-0.39, 0.29) is 16.3 Å². The molecule has 5 heteroatoms. The van der Waals surface area contributed by atoms with Crippen molar-refractivity contribution in [1.29, 1.82) is 0 Å². The molecule has 5 fully saturated rings. The summed E-state index contributed by atoms with van der Waals surface area (Å²) in [6, 6.07) is 3.99. The van der Waals surface area contributed by atoms with Gasteiger partial charge in [0, 0.05) is 23.7 Å². The molecule has 5 aliphatic rings. The number of amides is 1. The zero-order valence-electron chi connectivity index (χ0n) is 18.1. The van der Waals surface area contributed by atoms with Crippen LogP contribution >= 0.6 is 11.6 Å². The monoisotopic (exact) mass is 432 g/mol. The molecule has 30 heavy (non-hydrogen) atoms. The molecule has 1 aromatic rings. The molecule has 0 radical (unpaired) electrons. The van der Waals surface area contributed by atoms with Crippen molar-refractivity contribution >= 4 is 17.5 Å². The van der Waals surface area contributed by atoms with Crippen LogP contribution in [0.15, 0.2) is 18.2 Å². The number of rotatable bonds is 5. The normalized spacial score (nSPS) is 34.8. The summed E-state index contributed by atoms with van der Waals surface area (Å²) in [6.07, 6.45) is 11.1. The average Bonchev–Trinajstić information content (AvgIpc) is 2.66. The maximum Gasteiger partial charge on any atom is 0.251 e. The molecule has 4 aliphatic carbocycles. The predicted octanol–water partition coefficient (Wildman–Crippen LogP) is 5.53. The van der Waals surface area contributed by atoms with E-state index in [9.17, 15) is 9.18 Å². The molecule has 1 saturated heterocycles. The van der Waals surface area contributed by atoms with Crippen molar-refractivity contribution in [1.82, 2.24) is 10.2 Å². The highest BCUT2D eigenvalue weighted by molar-refractivity contribution is 6.31. The molecule has 1 N–H and O–H groups in total. The second-order valence-electron chi connectivity index (χ2n) is 11.3. The summed E-state index contributed by atoms with van der Waals surface area (Å²) in [4.78, 5) is 15.2. The van der Waals surface area contributed by atoms with Crippen molar-refractivity contribution in [3.05, 3.63) is 34.6 Å². The van der Waals surface area contributed by atoms with Crippen LogP contribution in [-0.4, -0.2) is 37.0 Å². The first-order valence-corrected chi connectivity index (χ1v) is 12.1. The Morgan fingerprint density at radius 2 is 1.70 bits per heavy atom. The number of benzene rings is 1. The largest absolute Gasteiger partial charge is 0.351 e. The van der Waals surface area contributed by atoms with E-state index in [4.69, 9.17) is 11.6 Å². The fourth-order valence-corrected chi connectivity index (χ4v) is 7.69. The number of hydrogen-bond acceptors (Lipinski definition) is 2. The van der Waals surface area contributed by atoms with Gasteiger partial charge in [0.1, 0.15) is 5.82 Å². The zero-order valence-corrected chi connectivity index (χ0v) is 18.8. The van der Waals surface area contributed by atoms with Crippen LogP contribution in [0.25, 0.3) is 0 Å². The molecule has 4 bridgehead atoms. The zero-order chi connectivity index (χ0) is 20.9. The first kappa shape index (κ1) is 20.8.